The number of rotatable bonds is 8. The number of alkyl halides is 1. The number of allylic oxidation sites excluding steroid dienone is 1. The van der Waals surface area contributed by atoms with Crippen LogP contribution in [-0.2, 0) is 4.74 Å². The summed E-state index contributed by atoms with van der Waals surface area (Å²) in [6.45, 7) is 1.84. The van der Waals surface area contributed by atoms with E-state index in [1.54, 1.807) is 19.1 Å². The molecule has 0 saturated carbocycles. The SMILES string of the molecule is CCOc1ccc(-c2ccc(C3CCC(C=C(F)CCCF)CO3)cc2)c(F)c1F. The van der Waals surface area contributed by atoms with Crippen molar-refractivity contribution in [1.29, 1.82) is 0 Å². The predicted molar refractivity (Wildman–Crippen MR) is 109 cm³/mol. The molecule has 1 saturated heterocycles. The Hall–Kier alpha value is -2.34. The highest BCUT2D eigenvalue weighted by atomic mass is 19.2. The van der Waals surface area contributed by atoms with E-state index in [0.717, 1.165) is 18.4 Å². The van der Waals surface area contributed by atoms with Gasteiger partial charge < -0.3 is 9.47 Å². The van der Waals surface area contributed by atoms with Crippen LogP contribution in [0, 0.1) is 17.6 Å². The Balaban J connectivity index is 1.64. The molecule has 30 heavy (non-hydrogen) atoms. The maximum absolute atomic E-state index is 14.4. The van der Waals surface area contributed by atoms with Gasteiger partial charge in [-0.1, -0.05) is 24.3 Å². The van der Waals surface area contributed by atoms with Crippen molar-refractivity contribution in [2.75, 3.05) is 19.9 Å². The van der Waals surface area contributed by atoms with E-state index in [-0.39, 0.29) is 48.6 Å². The first kappa shape index (κ1) is 22.3. The fourth-order valence-electron chi connectivity index (χ4n) is 3.64. The van der Waals surface area contributed by atoms with Gasteiger partial charge in [0.1, 0.15) is 0 Å². The summed E-state index contributed by atoms with van der Waals surface area (Å²) in [5.74, 6) is -2.33. The molecule has 0 spiro atoms. The molecule has 0 aliphatic carbocycles. The van der Waals surface area contributed by atoms with Gasteiger partial charge in [0.15, 0.2) is 11.6 Å². The van der Waals surface area contributed by atoms with Gasteiger partial charge in [0.05, 0.1) is 31.8 Å². The second-order valence-corrected chi connectivity index (χ2v) is 7.36. The zero-order valence-corrected chi connectivity index (χ0v) is 17.0. The minimum Gasteiger partial charge on any atom is -0.491 e. The van der Waals surface area contributed by atoms with Gasteiger partial charge in [-0.2, -0.15) is 4.39 Å². The third kappa shape index (κ3) is 5.42. The standard InChI is InChI=1S/C24H26F4O2/c1-2-29-22-12-10-20(23(27)24(22)28)17-6-8-18(9-7-17)21-11-5-16(15-30-21)14-19(26)4-3-13-25/h6-10,12,14,16,21H,2-5,11,13,15H2,1H3. The van der Waals surface area contributed by atoms with E-state index in [2.05, 4.69) is 0 Å². The fourth-order valence-corrected chi connectivity index (χ4v) is 3.64. The van der Waals surface area contributed by atoms with E-state index >= 15 is 0 Å². The Kier molecular flexibility index (Phi) is 7.91. The van der Waals surface area contributed by atoms with E-state index in [4.69, 9.17) is 9.47 Å². The number of halogens is 4. The van der Waals surface area contributed by atoms with Crippen molar-refractivity contribution >= 4 is 0 Å². The second kappa shape index (κ2) is 10.6. The first-order valence-electron chi connectivity index (χ1n) is 10.3. The second-order valence-electron chi connectivity index (χ2n) is 7.36. The van der Waals surface area contributed by atoms with E-state index in [1.165, 1.54) is 18.2 Å². The van der Waals surface area contributed by atoms with Gasteiger partial charge in [-0.3, -0.25) is 4.39 Å². The van der Waals surface area contributed by atoms with Crippen LogP contribution < -0.4 is 4.74 Å². The zero-order chi connectivity index (χ0) is 21.5. The number of hydrogen-bond donors (Lipinski definition) is 0. The Morgan fingerprint density at radius 1 is 1.10 bits per heavy atom. The van der Waals surface area contributed by atoms with Crippen LogP contribution in [0.2, 0.25) is 0 Å². The summed E-state index contributed by atoms with van der Waals surface area (Å²) >= 11 is 0. The lowest BCUT2D eigenvalue weighted by molar-refractivity contribution is -0.00570. The lowest BCUT2D eigenvalue weighted by atomic mass is 9.93. The molecule has 1 aliphatic heterocycles. The molecule has 2 aromatic carbocycles. The van der Waals surface area contributed by atoms with Crippen LogP contribution >= 0.6 is 0 Å². The molecule has 2 nitrogen and oxygen atoms in total. The van der Waals surface area contributed by atoms with E-state index in [0.29, 0.717) is 12.2 Å². The van der Waals surface area contributed by atoms with Crippen molar-refractivity contribution in [3.63, 3.8) is 0 Å². The number of hydrogen-bond acceptors (Lipinski definition) is 2. The molecule has 2 atom stereocenters. The Morgan fingerprint density at radius 2 is 1.87 bits per heavy atom. The first-order valence-corrected chi connectivity index (χ1v) is 10.3. The van der Waals surface area contributed by atoms with Gasteiger partial charge >= 0.3 is 0 Å². The Labute approximate surface area is 174 Å². The van der Waals surface area contributed by atoms with E-state index in [9.17, 15) is 17.6 Å². The summed E-state index contributed by atoms with van der Waals surface area (Å²) in [5, 5.41) is 0. The average Bonchev–Trinajstić information content (AvgIpc) is 2.76. The maximum Gasteiger partial charge on any atom is 0.201 e. The average molecular weight is 422 g/mol. The molecule has 0 aromatic heterocycles. The summed E-state index contributed by atoms with van der Waals surface area (Å²) in [5.41, 5.74) is 1.66. The largest absolute Gasteiger partial charge is 0.491 e. The van der Waals surface area contributed by atoms with Crippen molar-refractivity contribution in [1.82, 2.24) is 0 Å². The molecule has 0 bridgehead atoms. The third-order valence-corrected chi connectivity index (χ3v) is 5.22. The van der Waals surface area contributed by atoms with Crippen LogP contribution in [0.1, 0.15) is 44.3 Å². The summed E-state index contributed by atoms with van der Waals surface area (Å²) in [6, 6.07) is 10.1. The molecule has 2 unspecified atom stereocenters. The van der Waals surface area contributed by atoms with Crippen LogP contribution in [0.25, 0.3) is 11.1 Å². The van der Waals surface area contributed by atoms with Gasteiger partial charge in [0.25, 0.3) is 0 Å². The molecule has 6 heteroatoms. The van der Waals surface area contributed by atoms with Gasteiger partial charge in [0.2, 0.25) is 5.82 Å². The predicted octanol–water partition coefficient (Wildman–Crippen LogP) is 7.10. The van der Waals surface area contributed by atoms with Crippen LogP contribution in [0.15, 0.2) is 48.3 Å². The highest BCUT2D eigenvalue weighted by Crippen LogP contribution is 2.34. The minimum atomic E-state index is -0.994. The topological polar surface area (TPSA) is 18.5 Å². The molecular formula is C24H26F4O2. The van der Waals surface area contributed by atoms with Gasteiger partial charge in [-0.25, -0.2) is 8.78 Å². The van der Waals surface area contributed by atoms with Crippen LogP contribution in [0.3, 0.4) is 0 Å². The van der Waals surface area contributed by atoms with Crippen molar-refractivity contribution in [2.24, 2.45) is 5.92 Å². The molecule has 1 aliphatic rings. The van der Waals surface area contributed by atoms with E-state index < -0.39 is 18.3 Å². The number of ether oxygens (including phenoxy) is 2. The molecule has 0 amide bonds. The molecular weight excluding hydrogens is 396 g/mol. The smallest absolute Gasteiger partial charge is 0.201 e. The lowest BCUT2D eigenvalue weighted by Gasteiger charge is -2.28. The highest BCUT2D eigenvalue weighted by molar-refractivity contribution is 5.65. The van der Waals surface area contributed by atoms with E-state index in [1.807, 2.05) is 12.1 Å². The van der Waals surface area contributed by atoms with Gasteiger partial charge in [0, 0.05) is 17.9 Å². The first-order chi connectivity index (χ1) is 14.5. The normalized spacial score (nSPS) is 19.7. The van der Waals surface area contributed by atoms with Crippen molar-refractivity contribution in [2.45, 2.75) is 38.7 Å². The molecule has 3 rings (SSSR count). The van der Waals surface area contributed by atoms with Crippen LogP contribution in [0.5, 0.6) is 5.75 Å². The summed E-state index contributed by atoms with van der Waals surface area (Å²) in [4.78, 5) is 0. The quantitative estimate of drug-likeness (QED) is 0.422. The molecule has 0 N–H and O–H groups in total. The molecule has 2 aromatic rings. The summed E-state index contributed by atoms with van der Waals surface area (Å²) in [7, 11) is 0. The lowest BCUT2D eigenvalue weighted by Crippen LogP contribution is -2.19. The van der Waals surface area contributed by atoms with Crippen molar-refractivity contribution < 1.29 is 27.0 Å². The highest BCUT2D eigenvalue weighted by Gasteiger charge is 2.23. The van der Waals surface area contributed by atoms with Crippen molar-refractivity contribution in [3.8, 4) is 16.9 Å². The van der Waals surface area contributed by atoms with Gasteiger partial charge in [-0.15, -0.1) is 0 Å². The maximum atomic E-state index is 14.4. The van der Waals surface area contributed by atoms with Crippen LogP contribution in [-0.4, -0.2) is 19.9 Å². The number of benzene rings is 2. The van der Waals surface area contributed by atoms with Gasteiger partial charge in [-0.05, 0) is 55.5 Å². The van der Waals surface area contributed by atoms with Crippen molar-refractivity contribution in [3.05, 3.63) is 65.5 Å². The fraction of sp³-hybridized carbons (Fsp3) is 0.417. The summed E-state index contributed by atoms with van der Waals surface area (Å²) < 4.78 is 65.3. The molecule has 162 valence electrons. The zero-order valence-electron chi connectivity index (χ0n) is 17.0. The molecule has 0 radical (unpaired) electrons. The summed E-state index contributed by atoms with van der Waals surface area (Å²) in [6.07, 6.45) is 3.24. The van der Waals surface area contributed by atoms with Crippen LogP contribution in [0.4, 0.5) is 17.6 Å². The molecule has 1 fully saturated rings. The molecule has 1 heterocycles. The monoisotopic (exact) mass is 422 g/mol. The Morgan fingerprint density at radius 3 is 2.50 bits per heavy atom. The third-order valence-electron chi connectivity index (χ3n) is 5.22. The minimum absolute atomic E-state index is 0.0129. The Bertz CT molecular complexity index is 856.